The van der Waals surface area contributed by atoms with Gasteiger partial charge in [0.1, 0.15) is 11.5 Å². The molecule has 3 heteroatoms. The average Bonchev–Trinajstić information content (AvgIpc) is 2.46. The van der Waals surface area contributed by atoms with Crippen LogP contribution < -0.4 is 10.1 Å². The van der Waals surface area contributed by atoms with Crippen molar-refractivity contribution in [2.24, 2.45) is 0 Å². The molecular formula is C15H21NO2. The van der Waals surface area contributed by atoms with Crippen LogP contribution in [0.25, 0.3) is 0 Å². The highest BCUT2D eigenvalue weighted by Gasteiger charge is 2.16. The summed E-state index contributed by atoms with van der Waals surface area (Å²) in [6, 6.07) is 8.44. The van der Waals surface area contributed by atoms with E-state index in [4.69, 9.17) is 9.47 Å². The molecule has 0 fully saturated rings. The van der Waals surface area contributed by atoms with Crippen LogP contribution in [-0.4, -0.2) is 26.8 Å². The van der Waals surface area contributed by atoms with Gasteiger partial charge in [-0.3, -0.25) is 0 Å². The van der Waals surface area contributed by atoms with Gasteiger partial charge in [0.15, 0.2) is 0 Å². The number of rotatable bonds is 5. The fraction of sp³-hybridized carbons (Fsp3) is 0.467. The van der Waals surface area contributed by atoms with Crippen molar-refractivity contribution in [3.8, 4) is 5.75 Å². The minimum absolute atomic E-state index is 0.248. The molecule has 98 valence electrons. The molecular weight excluding hydrogens is 226 g/mol. The second-order valence-corrected chi connectivity index (χ2v) is 4.49. The Labute approximate surface area is 109 Å². The predicted octanol–water partition coefficient (Wildman–Crippen LogP) is 2.52. The topological polar surface area (TPSA) is 30.5 Å². The maximum atomic E-state index is 5.73. The smallest absolute Gasteiger partial charge is 0.119 e. The van der Waals surface area contributed by atoms with E-state index in [1.807, 2.05) is 19.2 Å². The third-order valence-electron chi connectivity index (χ3n) is 3.23. The van der Waals surface area contributed by atoms with Gasteiger partial charge in [0.25, 0.3) is 0 Å². The van der Waals surface area contributed by atoms with Gasteiger partial charge < -0.3 is 14.8 Å². The molecule has 0 saturated carbocycles. The van der Waals surface area contributed by atoms with Crippen molar-refractivity contribution in [2.75, 3.05) is 20.8 Å². The summed E-state index contributed by atoms with van der Waals surface area (Å²) in [6.45, 7) is 0.835. The summed E-state index contributed by atoms with van der Waals surface area (Å²) in [7, 11) is 3.67. The first-order valence-electron chi connectivity index (χ1n) is 6.46. The van der Waals surface area contributed by atoms with Crippen molar-refractivity contribution < 1.29 is 9.47 Å². The van der Waals surface area contributed by atoms with Gasteiger partial charge in [0, 0.05) is 0 Å². The van der Waals surface area contributed by atoms with Crippen LogP contribution in [-0.2, 0) is 11.2 Å². The van der Waals surface area contributed by atoms with E-state index in [9.17, 15) is 0 Å². The molecule has 1 unspecified atom stereocenters. The number of methoxy groups -OCH3 is 1. The summed E-state index contributed by atoms with van der Waals surface area (Å²) in [4.78, 5) is 0. The van der Waals surface area contributed by atoms with E-state index in [0.717, 1.165) is 37.4 Å². The van der Waals surface area contributed by atoms with Gasteiger partial charge in [0.05, 0.1) is 19.8 Å². The molecule has 0 bridgehead atoms. The van der Waals surface area contributed by atoms with Crippen molar-refractivity contribution in [1.82, 2.24) is 5.32 Å². The zero-order valence-corrected chi connectivity index (χ0v) is 11.1. The number of nitrogens with one attached hydrogen (secondary N) is 1. The number of hydrogen-bond donors (Lipinski definition) is 1. The average molecular weight is 247 g/mol. The third-order valence-corrected chi connectivity index (χ3v) is 3.23. The summed E-state index contributed by atoms with van der Waals surface area (Å²) in [5, 5.41) is 3.32. The second kappa shape index (κ2) is 6.45. The van der Waals surface area contributed by atoms with Crippen LogP contribution in [0.1, 0.15) is 18.4 Å². The van der Waals surface area contributed by atoms with Gasteiger partial charge in [0.2, 0.25) is 0 Å². The highest BCUT2D eigenvalue weighted by atomic mass is 16.5. The quantitative estimate of drug-likeness (QED) is 0.867. The lowest BCUT2D eigenvalue weighted by atomic mass is 10.0. The normalized spacial score (nSPS) is 16.7. The first-order chi connectivity index (χ1) is 8.83. The molecule has 1 aliphatic rings. The van der Waals surface area contributed by atoms with Gasteiger partial charge in [-0.1, -0.05) is 12.1 Å². The Morgan fingerprint density at radius 3 is 3.00 bits per heavy atom. The van der Waals surface area contributed by atoms with Crippen LogP contribution in [0.5, 0.6) is 5.75 Å². The van der Waals surface area contributed by atoms with E-state index >= 15 is 0 Å². The summed E-state index contributed by atoms with van der Waals surface area (Å²) >= 11 is 0. The number of hydrogen-bond acceptors (Lipinski definition) is 3. The fourth-order valence-corrected chi connectivity index (χ4v) is 2.20. The molecule has 0 spiro atoms. The van der Waals surface area contributed by atoms with Crippen LogP contribution in [0, 0.1) is 0 Å². The maximum absolute atomic E-state index is 5.73. The summed E-state index contributed by atoms with van der Waals surface area (Å²) in [6.07, 6.45) is 5.36. The molecule has 1 heterocycles. The molecule has 0 aliphatic carbocycles. The molecule has 18 heavy (non-hydrogen) atoms. The molecule has 1 aromatic rings. The van der Waals surface area contributed by atoms with E-state index < -0.39 is 0 Å². The summed E-state index contributed by atoms with van der Waals surface area (Å²) in [5.74, 6) is 1.98. The highest BCUT2D eigenvalue weighted by Crippen LogP contribution is 2.19. The molecule has 1 aliphatic heterocycles. The molecule has 3 nitrogen and oxygen atoms in total. The lowest BCUT2D eigenvalue weighted by molar-refractivity contribution is 0.169. The Balaban J connectivity index is 2.07. The Bertz CT molecular complexity index is 415. The Morgan fingerprint density at radius 1 is 1.44 bits per heavy atom. The first kappa shape index (κ1) is 13.0. The Hall–Kier alpha value is -1.48. The van der Waals surface area contributed by atoms with Crippen LogP contribution in [0.3, 0.4) is 0 Å². The zero-order chi connectivity index (χ0) is 12.8. The van der Waals surface area contributed by atoms with Crippen LogP contribution in [0.4, 0.5) is 0 Å². The SMILES string of the molecule is CNC(Cc1cccc(OC)c1)C1=CCCCO1. The van der Waals surface area contributed by atoms with E-state index in [-0.39, 0.29) is 6.04 Å². The lowest BCUT2D eigenvalue weighted by Crippen LogP contribution is -2.32. The number of benzene rings is 1. The van der Waals surface area contributed by atoms with Crippen LogP contribution in [0.15, 0.2) is 36.1 Å². The molecule has 0 aromatic heterocycles. The summed E-state index contributed by atoms with van der Waals surface area (Å²) in [5.41, 5.74) is 1.25. The van der Waals surface area contributed by atoms with E-state index in [2.05, 4.69) is 23.5 Å². The molecule has 0 radical (unpaired) electrons. The van der Waals surface area contributed by atoms with Crippen molar-refractivity contribution >= 4 is 0 Å². The number of ether oxygens (including phenoxy) is 2. The monoisotopic (exact) mass is 247 g/mol. The van der Waals surface area contributed by atoms with Gasteiger partial charge in [-0.15, -0.1) is 0 Å². The number of likely N-dealkylation sites (N-methyl/N-ethyl adjacent to an activating group) is 1. The first-order valence-corrected chi connectivity index (χ1v) is 6.46. The van der Waals surface area contributed by atoms with E-state index in [1.165, 1.54) is 5.56 Å². The second-order valence-electron chi connectivity index (χ2n) is 4.49. The summed E-state index contributed by atoms with van der Waals surface area (Å²) < 4.78 is 11.0. The Morgan fingerprint density at radius 2 is 2.33 bits per heavy atom. The van der Waals surface area contributed by atoms with Crippen LogP contribution in [0.2, 0.25) is 0 Å². The lowest BCUT2D eigenvalue weighted by Gasteiger charge is -2.23. The van der Waals surface area contributed by atoms with Crippen molar-refractivity contribution in [3.63, 3.8) is 0 Å². The molecule has 1 aromatic carbocycles. The molecule has 2 rings (SSSR count). The molecule has 0 amide bonds. The van der Waals surface area contributed by atoms with Gasteiger partial charge in [-0.05, 0) is 50.1 Å². The third kappa shape index (κ3) is 3.26. The molecule has 0 saturated heterocycles. The maximum Gasteiger partial charge on any atom is 0.119 e. The van der Waals surface area contributed by atoms with Crippen molar-refractivity contribution in [3.05, 3.63) is 41.7 Å². The molecule has 1 N–H and O–H groups in total. The zero-order valence-electron chi connectivity index (χ0n) is 11.1. The van der Waals surface area contributed by atoms with E-state index in [1.54, 1.807) is 7.11 Å². The van der Waals surface area contributed by atoms with Crippen molar-refractivity contribution in [2.45, 2.75) is 25.3 Å². The minimum atomic E-state index is 0.248. The fourth-order valence-electron chi connectivity index (χ4n) is 2.20. The minimum Gasteiger partial charge on any atom is -0.497 e. The van der Waals surface area contributed by atoms with Gasteiger partial charge in [-0.25, -0.2) is 0 Å². The van der Waals surface area contributed by atoms with Crippen LogP contribution >= 0.6 is 0 Å². The highest BCUT2D eigenvalue weighted by molar-refractivity contribution is 5.30. The van der Waals surface area contributed by atoms with Crippen molar-refractivity contribution in [1.29, 1.82) is 0 Å². The van der Waals surface area contributed by atoms with Gasteiger partial charge >= 0.3 is 0 Å². The van der Waals surface area contributed by atoms with Gasteiger partial charge in [-0.2, -0.15) is 0 Å². The predicted molar refractivity (Wildman–Crippen MR) is 72.8 cm³/mol. The molecule has 1 atom stereocenters. The van der Waals surface area contributed by atoms with E-state index in [0.29, 0.717) is 0 Å². The number of allylic oxidation sites excluding steroid dienone is 1. The Kier molecular flexibility index (Phi) is 4.65. The standard InChI is InChI=1S/C15H21NO2/c1-16-14(15-8-3-4-9-18-15)11-12-6-5-7-13(10-12)17-2/h5-8,10,14,16H,3-4,9,11H2,1-2H3. The largest absolute Gasteiger partial charge is 0.497 e.